The van der Waals surface area contributed by atoms with E-state index in [1.807, 2.05) is 0 Å². The second-order valence-corrected chi connectivity index (χ2v) is 6.10. The van der Waals surface area contributed by atoms with E-state index < -0.39 is 24.5 Å². The molecule has 4 amide bonds. The van der Waals surface area contributed by atoms with Crippen LogP contribution in [-0.4, -0.2) is 50.1 Å². The molecule has 0 aromatic heterocycles. The Bertz CT molecular complexity index is 741. The van der Waals surface area contributed by atoms with Gasteiger partial charge in [0, 0.05) is 18.7 Å². The van der Waals surface area contributed by atoms with Crippen LogP contribution in [0, 0.1) is 0 Å². The smallest absolute Gasteiger partial charge is 0.321 e. The number of methoxy groups -OCH3 is 1. The van der Waals surface area contributed by atoms with E-state index in [-0.39, 0.29) is 24.9 Å². The van der Waals surface area contributed by atoms with Crippen LogP contribution in [0.5, 0.6) is 5.75 Å². The molecule has 0 saturated heterocycles. The molecule has 0 bridgehead atoms. The van der Waals surface area contributed by atoms with Gasteiger partial charge in [0.25, 0.3) is 5.91 Å². The third kappa shape index (κ3) is 8.35. The number of benzene rings is 1. The normalized spacial score (nSPS) is 12.9. The number of urea groups is 1. The number of hydrogen-bond acceptors (Lipinski definition) is 6. The van der Waals surface area contributed by atoms with Gasteiger partial charge in [0.1, 0.15) is 5.75 Å². The molecule has 3 N–H and O–H groups in total. The van der Waals surface area contributed by atoms with Crippen molar-refractivity contribution in [2.24, 2.45) is 0 Å². The third-order valence-electron chi connectivity index (χ3n) is 3.70. The molecule has 28 heavy (non-hydrogen) atoms. The molecule has 0 radical (unpaired) electrons. The molecule has 0 aliphatic heterocycles. The molecule has 0 spiro atoms. The molecule has 9 nitrogen and oxygen atoms in total. The third-order valence-corrected chi connectivity index (χ3v) is 3.70. The van der Waals surface area contributed by atoms with Gasteiger partial charge < -0.3 is 20.1 Å². The fourth-order valence-electron chi connectivity index (χ4n) is 2.06. The molecular formula is C19H23N3O6. The van der Waals surface area contributed by atoms with Gasteiger partial charge in [-0.25, -0.2) is 4.79 Å². The van der Waals surface area contributed by atoms with Crippen LogP contribution in [0.3, 0.4) is 0 Å². The Morgan fingerprint density at radius 2 is 1.86 bits per heavy atom. The predicted molar refractivity (Wildman–Crippen MR) is 100 cm³/mol. The molecule has 150 valence electrons. The average Bonchev–Trinajstić information content (AvgIpc) is 3.49. The highest BCUT2D eigenvalue weighted by atomic mass is 16.5. The molecule has 9 heteroatoms. The molecule has 1 aliphatic carbocycles. The SMILES string of the molecule is COc1ccc(/C=C/C(=O)NCCC(=O)OCC(=O)NC(=O)NC2CC2)cc1. The number of hydrogen-bond donors (Lipinski definition) is 3. The van der Waals surface area contributed by atoms with Crippen LogP contribution in [0.25, 0.3) is 6.08 Å². The minimum Gasteiger partial charge on any atom is -0.497 e. The van der Waals surface area contributed by atoms with Gasteiger partial charge in [0.15, 0.2) is 6.61 Å². The summed E-state index contributed by atoms with van der Waals surface area (Å²) in [6.45, 7) is -0.489. The summed E-state index contributed by atoms with van der Waals surface area (Å²) in [6.07, 6.45) is 4.68. The lowest BCUT2D eigenvalue weighted by Gasteiger charge is -2.07. The van der Waals surface area contributed by atoms with Crippen molar-refractivity contribution in [1.29, 1.82) is 0 Å². The molecular weight excluding hydrogens is 366 g/mol. The van der Waals surface area contributed by atoms with Gasteiger partial charge in [0.05, 0.1) is 13.5 Å². The van der Waals surface area contributed by atoms with Crippen LogP contribution in [0.1, 0.15) is 24.8 Å². The van der Waals surface area contributed by atoms with Crippen molar-refractivity contribution in [3.05, 3.63) is 35.9 Å². The highest BCUT2D eigenvalue weighted by Gasteiger charge is 2.24. The maximum absolute atomic E-state index is 11.7. The first kappa shape index (κ1) is 20.9. The Balaban J connectivity index is 1.57. The standard InChI is InChI=1S/C19H23N3O6/c1-27-15-7-2-13(3-8-15)4-9-16(23)20-11-10-18(25)28-12-17(24)22-19(26)21-14-5-6-14/h2-4,7-9,14H,5-6,10-12H2,1H3,(H,20,23)(H2,21,22,24,26)/b9-4+. The highest BCUT2D eigenvalue weighted by Crippen LogP contribution is 2.18. The summed E-state index contributed by atoms with van der Waals surface area (Å²) >= 11 is 0. The predicted octanol–water partition coefficient (Wildman–Crippen LogP) is 0.746. The Labute approximate surface area is 162 Å². The van der Waals surface area contributed by atoms with Gasteiger partial charge in [-0.1, -0.05) is 12.1 Å². The topological polar surface area (TPSA) is 123 Å². The zero-order chi connectivity index (χ0) is 20.4. The first-order valence-corrected chi connectivity index (χ1v) is 8.82. The van der Waals surface area contributed by atoms with Crippen LogP contribution >= 0.6 is 0 Å². The van der Waals surface area contributed by atoms with Crippen LogP contribution in [-0.2, 0) is 19.1 Å². The summed E-state index contributed by atoms with van der Waals surface area (Å²) in [7, 11) is 1.57. The van der Waals surface area contributed by atoms with Crippen molar-refractivity contribution < 1.29 is 28.7 Å². The van der Waals surface area contributed by atoms with Crippen molar-refractivity contribution in [2.75, 3.05) is 20.3 Å². The van der Waals surface area contributed by atoms with E-state index in [2.05, 4.69) is 16.0 Å². The quantitative estimate of drug-likeness (QED) is 0.423. The number of carbonyl (C=O) groups excluding carboxylic acids is 4. The maximum atomic E-state index is 11.7. The molecule has 0 atom stereocenters. The fraction of sp³-hybridized carbons (Fsp3) is 0.368. The fourth-order valence-corrected chi connectivity index (χ4v) is 2.06. The lowest BCUT2D eigenvalue weighted by atomic mass is 10.2. The van der Waals surface area contributed by atoms with Crippen molar-refractivity contribution in [3.63, 3.8) is 0 Å². The number of rotatable bonds is 9. The van der Waals surface area contributed by atoms with Gasteiger partial charge in [-0.05, 0) is 36.6 Å². The van der Waals surface area contributed by atoms with Crippen LogP contribution in [0.4, 0.5) is 4.79 Å². The average molecular weight is 389 g/mol. The highest BCUT2D eigenvalue weighted by molar-refractivity contribution is 5.95. The van der Waals surface area contributed by atoms with Gasteiger partial charge in [0.2, 0.25) is 5.91 Å². The lowest BCUT2D eigenvalue weighted by molar-refractivity contribution is -0.148. The zero-order valence-electron chi connectivity index (χ0n) is 15.5. The van der Waals surface area contributed by atoms with Crippen molar-refractivity contribution in [2.45, 2.75) is 25.3 Å². The summed E-state index contributed by atoms with van der Waals surface area (Å²) < 4.78 is 9.80. The summed E-state index contributed by atoms with van der Waals surface area (Å²) in [5, 5.41) is 7.18. The van der Waals surface area contributed by atoms with Crippen molar-refractivity contribution in [3.8, 4) is 5.75 Å². The molecule has 2 rings (SSSR count). The summed E-state index contributed by atoms with van der Waals surface area (Å²) in [6, 6.07) is 6.68. The van der Waals surface area contributed by atoms with Crippen LogP contribution in [0.2, 0.25) is 0 Å². The lowest BCUT2D eigenvalue weighted by Crippen LogP contribution is -2.42. The largest absolute Gasteiger partial charge is 0.497 e. The Morgan fingerprint density at radius 3 is 2.50 bits per heavy atom. The molecule has 1 fully saturated rings. The van der Waals surface area contributed by atoms with E-state index >= 15 is 0 Å². The second kappa shape index (κ2) is 10.7. The first-order chi connectivity index (χ1) is 13.5. The van der Waals surface area contributed by atoms with Crippen LogP contribution < -0.4 is 20.7 Å². The number of imide groups is 1. The first-order valence-electron chi connectivity index (χ1n) is 8.82. The summed E-state index contributed by atoms with van der Waals surface area (Å²) in [5.41, 5.74) is 0.826. The van der Waals surface area contributed by atoms with Gasteiger partial charge in [-0.15, -0.1) is 0 Å². The number of nitrogens with one attached hydrogen (secondary N) is 3. The molecule has 1 saturated carbocycles. The number of amides is 4. The van der Waals surface area contributed by atoms with E-state index in [0.29, 0.717) is 0 Å². The second-order valence-electron chi connectivity index (χ2n) is 6.10. The Morgan fingerprint density at radius 1 is 1.14 bits per heavy atom. The van der Waals surface area contributed by atoms with Gasteiger partial charge in [-0.2, -0.15) is 0 Å². The Kier molecular flexibility index (Phi) is 8.01. The van der Waals surface area contributed by atoms with E-state index in [1.54, 1.807) is 37.5 Å². The van der Waals surface area contributed by atoms with Crippen molar-refractivity contribution in [1.82, 2.24) is 16.0 Å². The van der Waals surface area contributed by atoms with Crippen LogP contribution in [0.15, 0.2) is 30.3 Å². The van der Waals surface area contributed by atoms with E-state index in [0.717, 1.165) is 24.2 Å². The van der Waals surface area contributed by atoms with Crippen molar-refractivity contribution >= 4 is 29.9 Å². The minimum absolute atomic E-state index is 0.0639. The number of esters is 1. The van der Waals surface area contributed by atoms with E-state index in [9.17, 15) is 19.2 Å². The maximum Gasteiger partial charge on any atom is 0.321 e. The van der Waals surface area contributed by atoms with Gasteiger partial charge >= 0.3 is 12.0 Å². The van der Waals surface area contributed by atoms with E-state index in [4.69, 9.17) is 9.47 Å². The zero-order valence-corrected chi connectivity index (χ0v) is 15.5. The van der Waals surface area contributed by atoms with E-state index in [1.165, 1.54) is 6.08 Å². The Hall–Kier alpha value is -3.36. The monoisotopic (exact) mass is 389 g/mol. The molecule has 0 unspecified atom stereocenters. The molecule has 1 aromatic carbocycles. The van der Waals surface area contributed by atoms with Gasteiger partial charge in [-0.3, -0.25) is 19.7 Å². The number of ether oxygens (including phenoxy) is 2. The molecule has 1 aromatic rings. The summed E-state index contributed by atoms with van der Waals surface area (Å²) in [5.74, 6) is -1.01. The minimum atomic E-state index is -0.710. The number of carbonyl (C=O) groups is 4. The summed E-state index contributed by atoms with van der Waals surface area (Å²) in [4.78, 5) is 46.1. The molecule has 0 heterocycles. The molecule has 1 aliphatic rings.